The van der Waals surface area contributed by atoms with Crippen LogP contribution in [0.5, 0.6) is 0 Å². The Labute approximate surface area is 112 Å². The van der Waals surface area contributed by atoms with Crippen molar-refractivity contribution in [2.24, 2.45) is 5.73 Å². The summed E-state index contributed by atoms with van der Waals surface area (Å²) in [5.74, 6) is -0.862. The summed E-state index contributed by atoms with van der Waals surface area (Å²) in [7, 11) is 1.93. The van der Waals surface area contributed by atoms with Gasteiger partial charge in [0, 0.05) is 30.7 Å². The molecule has 3 N–H and O–H groups in total. The molecule has 0 spiro atoms. The molecule has 0 aliphatic rings. The molecular formula is C15H18N2O2. The molecule has 0 radical (unpaired) electrons. The number of carboxylic acid groups (broad SMARTS) is 1. The number of rotatable bonds is 5. The van der Waals surface area contributed by atoms with Crippen LogP contribution in [0.15, 0.2) is 42.5 Å². The summed E-state index contributed by atoms with van der Waals surface area (Å²) < 4.78 is 0. The minimum absolute atomic E-state index is 0.0187. The van der Waals surface area contributed by atoms with Gasteiger partial charge in [-0.1, -0.05) is 36.4 Å². The number of hydrogen-bond donors (Lipinski definition) is 2. The van der Waals surface area contributed by atoms with Crippen LogP contribution in [-0.2, 0) is 4.79 Å². The molecule has 4 nitrogen and oxygen atoms in total. The van der Waals surface area contributed by atoms with E-state index in [1.807, 2.05) is 36.2 Å². The maximum Gasteiger partial charge on any atom is 0.304 e. The van der Waals surface area contributed by atoms with Gasteiger partial charge in [-0.05, 0) is 11.5 Å². The van der Waals surface area contributed by atoms with Crippen molar-refractivity contribution in [3.05, 3.63) is 42.5 Å². The first-order valence-electron chi connectivity index (χ1n) is 6.24. The standard InChI is InChI=1S/C15H18N2O2/c1-17(10-12(16)9-15(18)19)14-8-4-6-11-5-2-3-7-13(11)14/h2-8,12H,9-10,16H2,1H3,(H,18,19). The molecule has 0 saturated carbocycles. The molecule has 0 heterocycles. The van der Waals surface area contributed by atoms with E-state index >= 15 is 0 Å². The molecule has 0 aromatic heterocycles. The SMILES string of the molecule is CN(CC(N)CC(=O)O)c1cccc2ccccc12. The van der Waals surface area contributed by atoms with Gasteiger partial charge in [0.1, 0.15) is 0 Å². The van der Waals surface area contributed by atoms with Gasteiger partial charge in [-0.2, -0.15) is 0 Å². The molecule has 100 valence electrons. The molecule has 2 rings (SSSR count). The van der Waals surface area contributed by atoms with Crippen molar-refractivity contribution >= 4 is 22.4 Å². The van der Waals surface area contributed by atoms with Crippen molar-refractivity contribution in [1.82, 2.24) is 0 Å². The minimum atomic E-state index is -0.862. The zero-order valence-corrected chi connectivity index (χ0v) is 10.9. The number of likely N-dealkylation sites (N-methyl/N-ethyl adjacent to an activating group) is 1. The van der Waals surface area contributed by atoms with Crippen molar-refractivity contribution in [2.45, 2.75) is 12.5 Å². The Morgan fingerprint density at radius 3 is 2.68 bits per heavy atom. The van der Waals surface area contributed by atoms with Crippen molar-refractivity contribution in [1.29, 1.82) is 0 Å². The minimum Gasteiger partial charge on any atom is -0.481 e. The van der Waals surface area contributed by atoms with Crippen LogP contribution in [0.4, 0.5) is 5.69 Å². The number of nitrogens with two attached hydrogens (primary N) is 1. The van der Waals surface area contributed by atoms with Gasteiger partial charge in [0.15, 0.2) is 0 Å². The number of carbonyl (C=O) groups is 1. The fraction of sp³-hybridized carbons (Fsp3) is 0.267. The lowest BCUT2D eigenvalue weighted by Gasteiger charge is -2.24. The Morgan fingerprint density at radius 2 is 1.95 bits per heavy atom. The van der Waals surface area contributed by atoms with Crippen molar-refractivity contribution in [3.63, 3.8) is 0 Å². The Bertz CT molecular complexity index is 578. The molecule has 0 aliphatic carbocycles. The second-order valence-corrected chi connectivity index (χ2v) is 4.74. The maximum atomic E-state index is 10.6. The van der Waals surface area contributed by atoms with E-state index in [1.54, 1.807) is 0 Å². The number of nitrogens with zero attached hydrogens (tertiary/aromatic N) is 1. The van der Waals surface area contributed by atoms with E-state index in [1.165, 1.54) is 5.39 Å². The Kier molecular flexibility index (Phi) is 4.02. The second kappa shape index (κ2) is 5.71. The molecule has 2 aromatic carbocycles. The first-order valence-corrected chi connectivity index (χ1v) is 6.24. The van der Waals surface area contributed by atoms with Crippen molar-refractivity contribution in [3.8, 4) is 0 Å². The summed E-state index contributed by atoms with van der Waals surface area (Å²) in [5.41, 5.74) is 6.90. The van der Waals surface area contributed by atoms with Gasteiger partial charge in [-0.3, -0.25) is 4.79 Å². The number of aliphatic carboxylic acids is 1. The van der Waals surface area contributed by atoms with E-state index in [9.17, 15) is 4.79 Å². The highest BCUT2D eigenvalue weighted by Crippen LogP contribution is 2.25. The average Bonchev–Trinajstić information content (AvgIpc) is 2.36. The topological polar surface area (TPSA) is 66.6 Å². The molecule has 4 heteroatoms. The van der Waals surface area contributed by atoms with Crippen LogP contribution in [0.25, 0.3) is 10.8 Å². The predicted molar refractivity (Wildman–Crippen MR) is 77.4 cm³/mol. The van der Waals surface area contributed by atoms with E-state index < -0.39 is 5.97 Å². The Morgan fingerprint density at radius 1 is 1.26 bits per heavy atom. The van der Waals surface area contributed by atoms with Gasteiger partial charge >= 0.3 is 5.97 Å². The highest BCUT2D eigenvalue weighted by molar-refractivity contribution is 5.94. The van der Waals surface area contributed by atoms with Gasteiger partial charge in [-0.15, -0.1) is 0 Å². The lowest BCUT2D eigenvalue weighted by atomic mass is 10.1. The van der Waals surface area contributed by atoms with Crippen LogP contribution >= 0.6 is 0 Å². The monoisotopic (exact) mass is 258 g/mol. The van der Waals surface area contributed by atoms with Crippen LogP contribution < -0.4 is 10.6 Å². The van der Waals surface area contributed by atoms with Gasteiger partial charge in [-0.25, -0.2) is 0 Å². The van der Waals surface area contributed by atoms with Crippen LogP contribution in [0.1, 0.15) is 6.42 Å². The maximum absolute atomic E-state index is 10.6. The largest absolute Gasteiger partial charge is 0.481 e. The average molecular weight is 258 g/mol. The zero-order valence-electron chi connectivity index (χ0n) is 10.9. The molecule has 0 bridgehead atoms. The molecule has 0 saturated heterocycles. The normalized spacial score (nSPS) is 12.3. The summed E-state index contributed by atoms with van der Waals surface area (Å²) in [6.45, 7) is 0.514. The fourth-order valence-corrected chi connectivity index (χ4v) is 2.28. The molecule has 1 unspecified atom stereocenters. The highest BCUT2D eigenvalue weighted by atomic mass is 16.4. The second-order valence-electron chi connectivity index (χ2n) is 4.74. The van der Waals surface area contributed by atoms with Crippen molar-refractivity contribution < 1.29 is 9.90 Å². The molecule has 19 heavy (non-hydrogen) atoms. The van der Waals surface area contributed by atoms with Crippen LogP contribution in [-0.4, -0.2) is 30.7 Å². The van der Waals surface area contributed by atoms with E-state index in [4.69, 9.17) is 10.8 Å². The third-order valence-corrected chi connectivity index (χ3v) is 3.12. The summed E-state index contributed by atoms with van der Waals surface area (Å²) in [6, 6.07) is 13.8. The summed E-state index contributed by atoms with van der Waals surface area (Å²) in [5, 5.41) is 11.1. The zero-order chi connectivity index (χ0) is 13.8. The molecular weight excluding hydrogens is 240 g/mol. The van der Waals surface area contributed by atoms with Gasteiger partial charge in [0.05, 0.1) is 6.42 Å². The molecule has 0 amide bonds. The molecule has 1 atom stereocenters. The number of hydrogen-bond acceptors (Lipinski definition) is 3. The van der Waals surface area contributed by atoms with Gasteiger partial charge < -0.3 is 15.7 Å². The van der Waals surface area contributed by atoms with Crippen molar-refractivity contribution in [2.75, 3.05) is 18.5 Å². The number of carboxylic acids is 1. The van der Waals surface area contributed by atoms with Gasteiger partial charge in [0.25, 0.3) is 0 Å². The van der Waals surface area contributed by atoms with E-state index in [2.05, 4.69) is 18.2 Å². The summed E-state index contributed by atoms with van der Waals surface area (Å²) >= 11 is 0. The lowest BCUT2D eigenvalue weighted by molar-refractivity contribution is -0.137. The number of benzene rings is 2. The van der Waals surface area contributed by atoms with E-state index in [0.29, 0.717) is 6.54 Å². The van der Waals surface area contributed by atoms with Crippen LogP contribution in [0.2, 0.25) is 0 Å². The first-order chi connectivity index (χ1) is 9.08. The third-order valence-electron chi connectivity index (χ3n) is 3.12. The third kappa shape index (κ3) is 3.23. The summed E-state index contributed by atoms with van der Waals surface area (Å²) in [6.07, 6.45) is -0.0187. The van der Waals surface area contributed by atoms with Crippen LogP contribution in [0.3, 0.4) is 0 Å². The molecule has 0 aliphatic heterocycles. The molecule has 2 aromatic rings. The predicted octanol–water partition coefficient (Wildman–Crippen LogP) is 2.08. The molecule has 0 fully saturated rings. The number of fused-ring (bicyclic) bond motifs is 1. The fourth-order valence-electron chi connectivity index (χ4n) is 2.28. The van der Waals surface area contributed by atoms with Gasteiger partial charge in [0.2, 0.25) is 0 Å². The number of anilines is 1. The van der Waals surface area contributed by atoms with E-state index in [-0.39, 0.29) is 12.5 Å². The smallest absolute Gasteiger partial charge is 0.304 e. The summed E-state index contributed by atoms with van der Waals surface area (Å²) in [4.78, 5) is 12.7. The highest BCUT2D eigenvalue weighted by Gasteiger charge is 2.12. The first kappa shape index (κ1) is 13.4. The van der Waals surface area contributed by atoms with Crippen LogP contribution in [0, 0.1) is 0 Å². The Hall–Kier alpha value is -2.07. The lowest BCUT2D eigenvalue weighted by Crippen LogP contribution is -2.37. The van der Waals surface area contributed by atoms with E-state index in [0.717, 1.165) is 11.1 Å². The Balaban J connectivity index is 2.21. The quantitative estimate of drug-likeness (QED) is 0.861.